The van der Waals surface area contributed by atoms with Gasteiger partial charge >= 0.3 is 6.03 Å². The van der Waals surface area contributed by atoms with Gasteiger partial charge < -0.3 is 15.1 Å². The molecule has 1 N–H and O–H groups in total. The van der Waals surface area contributed by atoms with Crippen LogP contribution in [0, 0.1) is 13.8 Å². The summed E-state index contributed by atoms with van der Waals surface area (Å²) in [5.41, 5.74) is 2.68. The van der Waals surface area contributed by atoms with Crippen LogP contribution < -0.4 is 5.32 Å². The van der Waals surface area contributed by atoms with Crippen LogP contribution in [0.25, 0.3) is 0 Å². The van der Waals surface area contributed by atoms with E-state index in [-0.39, 0.29) is 18.9 Å². The lowest BCUT2D eigenvalue weighted by atomic mass is 10.1. The summed E-state index contributed by atoms with van der Waals surface area (Å²) in [7, 11) is 0. The van der Waals surface area contributed by atoms with Crippen molar-refractivity contribution < 1.29 is 14.0 Å². The molecule has 3 amide bonds. The first kappa shape index (κ1) is 17.7. The monoisotopic (exact) mass is 347 g/mol. The lowest BCUT2D eigenvalue weighted by Crippen LogP contribution is -2.50. The van der Waals surface area contributed by atoms with E-state index in [0.29, 0.717) is 18.8 Å². The molecule has 25 heavy (non-hydrogen) atoms. The topological polar surface area (TPSA) is 52.7 Å². The number of piperidine rings is 1. The SMILES string of the molecule is Cc1ccc(C)c(NC(=O)N2C[C@@H](F)C[C@H]2C(=O)N2CCCCC2)c1. The minimum Gasteiger partial charge on any atom is -0.341 e. The summed E-state index contributed by atoms with van der Waals surface area (Å²) in [5, 5.41) is 2.85. The number of nitrogens with one attached hydrogen (secondary N) is 1. The summed E-state index contributed by atoms with van der Waals surface area (Å²) in [6.07, 6.45) is 2.02. The fourth-order valence-corrected chi connectivity index (χ4v) is 3.63. The summed E-state index contributed by atoms with van der Waals surface area (Å²) >= 11 is 0. The van der Waals surface area contributed by atoms with Gasteiger partial charge in [-0.1, -0.05) is 12.1 Å². The normalized spacial score (nSPS) is 23.6. The molecule has 0 aliphatic carbocycles. The second-order valence-corrected chi connectivity index (χ2v) is 7.14. The van der Waals surface area contributed by atoms with Crippen molar-refractivity contribution in [1.82, 2.24) is 9.80 Å². The van der Waals surface area contributed by atoms with E-state index >= 15 is 0 Å². The smallest absolute Gasteiger partial charge is 0.322 e. The van der Waals surface area contributed by atoms with Gasteiger partial charge in [-0.05, 0) is 50.3 Å². The number of carbonyl (C=O) groups is 2. The molecule has 2 fully saturated rings. The minimum absolute atomic E-state index is 0.0268. The fraction of sp³-hybridized carbons (Fsp3) is 0.579. The highest BCUT2D eigenvalue weighted by molar-refractivity contribution is 5.95. The van der Waals surface area contributed by atoms with Crippen LogP contribution in [-0.4, -0.2) is 53.6 Å². The number of halogens is 1. The van der Waals surface area contributed by atoms with Crippen molar-refractivity contribution in [3.05, 3.63) is 29.3 Å². The number of carbonyl (C=O) groups excluding carboxylic acids is 2. The number of amides is 3. The molecule has 0 bridgehead atoms. The summed E-state index contributed by atoms with van der Waals surface area (Å²) in [5.74, 6) is -0.115. The zero-order valence-corrected chi connectivity index (χ0v) is 14.9. The maximum Gasteiger partial charge on any atom is 0.322 e. The highest BCUT2D eigenvalue weighted by Crippen LogP contribution is 2.25. The molecule has 6 heteroatoms. The van der Waals surface area contributed by atoms with Gasteiger partial charge in [-0.3, -0.25) is 4.79 Å². The summed E-state index contributed by atoms with van der Waals surface area (Å²) < 4.78 is 14.0. The van der Waals surface area contributed by atoms with Gasteiger partial charge in [0.1, 0.15) is 12.2 Å². The molecule has 2 atom stereocenters. The van der Waals surface area contributed by atoms with Crippen molar-refractivity contribution in [3.8, 4) is 0 Å². The van der Waals surface area contributed by atoms with Crippen LogP contribution in [-0.2, 0) is 4.79 Å². The number of likely N-dealkylation sites (tertiary alicyclic amines) is 2. The van der Waals surface area contributed by atoms with Gasteiger partial charge in [0.05, 0.1) is 6.54 Å². The van der Waals surface area contributed by atoms with Gasteiger partial charge in [0.15, 0.2) is 0 Å². The average Bonchev–Trinajstić information content (AvgIpc) is 3.00. The van der Waals surface area contributed by atoms with Gasteiger partial charge in [0, 0.05) is 25.2 Å². The van der Waals surface area contributed by atoms with E-state index in [4.69, 9.17) is 0 Å². The lowest BCUT2D eigenvalue weighted by molar-refractivity contribution is -0.136. The van der Waals surface area contributed by atoms with Crippen LogP contribution in [0.4, 0.5) is 14.9 Å². The van der Waals surface area contributed by atoms with Crippen LogP contribution in [0.15, 0.2) is 18.2 Å². The predicted octanol–water partition coefficient (Wildman–Crippen LogP) is 3.26. The molecule has 136 valence electrons. The van der Waals surface area contributed by atoms with Crippen molar-refractivity contribution in [1.29, 1.82) is 0 Å². The zero-order valence-electron chi connectivity index (χ0n) is 14.9. The van der Waals surface area contributed by atoms with Crippen molar-refractivity contribution in [3.63, 3.8) is 0 Å². The van der Waals surface area contributed by atoms with Gasteiger partial charge in [-0.15, -0.1) is 0 Å². The summed E-state index contributed by atoms with van der Waals surface area (Å²) in [6.45, 7) is 5.25. The first-order chi connectivity index (χ1) is 12.0. The van der Waals surface area contributed by atoms with E-state index in [0.717, 1.165) is 30.4 Å². The Hall–Kier alpha value is -2.11. The van der Waals surface area contributed by atoms with E-state index in [9.17, 15) is 14.0 Å². The third-order valence-corrected chi connectivity index (χ3v) is 5.10. The average molecular weight is 347 g/mol. The van der Waals surface area contributed by atoms with Gasteiger partial charge in [0.25, 0.3) is 0 Å². The Kier molecular flexibility index (Phi) is 5.25. The molecule has 0 aromatic heterocycles. The van der Waals surface area contributed by atoms with E-state index < -0.39 is 18.2 Å². The number of anilines is 1. The van der Waals surface area contributed by atoms with E-state index in [1.807, 2.05) is 32.0 Å². The number of aryl methyl sites for hydroxylation is 2. The van der Waals surface area contributed by atoms with Crippen LogP contribution >= 0.6 is 0 Å². The molecule has 0 saturated carbocycles. The fourth-order valence-electron chi connectivity index (χ4n) is 3.63. The molecule has 0 spiro atoms. The van der Waals surface area contributed by atoms with Crippen molar-refractivity contribution >= 4 is 17.6 Å². The van der Waals surface area contributed by atoms with Crippen molar-refractivity contribution in [2.75, 3.05) is 25.0 Å². The highest BCUT2D eigenvalue weighted by atomic mass is 19.1. The highest BCUT2D eigenvalue weighted by Gasteiger charge is 2.41. The molecule has 1 aromatic rings. The number of nitrogens with zero attached hydrogens (tertiary/aromatic N) is 2. The lowest BCUT2D eigenvalue weighted by Gasteiger charge is -2.32. The van der Waals surface area contributed by atoms with Crippen LogP contribution in [0.2, 0.25) is 0 Å². The molecule has 0 radical (unpaired) electrons. The molecule has 5 nitrogen and oxygen atoms in total. The molecule has 2 heterocycles. The van der Waals surface area contributed by atoms with E-state index in [1.54, 1.807) is 4.90 Å². The summed E-state index contributed by atoms with van der Waals surface area (Å²) in [6, 6.07) is 4.70. The quantitative estimate of drug-likeness (QED) is 0.893. The Morgan fingerprint density at radius 1 is 1.16 bits per heavy atom. The Labute approximate surface area is 148 Å². The second kappa shape index (κ2) is 7.42. The van der Waals surface area contributed by atoms with Crippen LogP contribution in [0.1, 0.15) is 36.8 Å². The Bertz CT molecular complexity index is 658. The number of urea groups is 1. The number of hydrogen-bond acceptors (Lipinski definition) is 2. The molecular weight excluding hydrogens is 321 g/mol. The van der Waals surface area contributed by atoms with Crippen LogP contribution in [0.3, 0.4) is 0 Å². The minimum atomic E-state index is -1.15. The van der Waals surface area contributed by atoms with Gasteiger partial charge in [0.2, 0.25) is 5.91 Å². The molecule has 2 aliphatic rings. The predicted molar refractivity (Wildman–Crippen MR) is 95.4 cm³/mol. The molecule has 1 aromatic carbocycles. The molecule has 3 rings (SSSR count). The van der Waals surface area contributed by atoms with Gasteiger partial charge in [-0.25, -0.2) is 9.18 Å². The molecule has 2 aliphatic heterocycles. The molecular formula is C19H26FN3O2. The second-order valence-electron chi connectivity index (χ2n) is 7.14. The van der Waals surface area contributed by atoms with Crippen molar-refractivity contribution in [2.24, 2.45) is 0 Å². The maximum atomic E-state index is 14.0. The van der Waals surface area contributed by atoms with E-state index in [2.05, 4.69) is 5.32 Å². The third kappa shape index (κ3) is 3.94. The molecule has 2 saturated heterocycles. The number of alkyl halides is 1. The number of benzene rings is 1. The Morgan fingerprint density at radius 2 is 1.88 bits per heavy atom. The van der Waals surface area contributed by atoms with Gasteiger partial charge in [-0.2, -0.15) is 0 Å². The first-order valence-electron chi connectivity index (χ1n) is 9.03. The summed E-state index contributed by atoms with van der Waals surface area (Å²) in [4.78, 5) is 28.6. The van der Waals surface area contributed by atoms with E-state index in [1.165, 1.54) is 4.90 Å². The standard InChI is InChI=1S/C19H26FN3O2/c1-13-6-7-14(2)16(10-13)21-19(25)23-12-15(20)11-17(23)18(24)22-8-4-3-5-9-22/h6-7,10,15,17H,3-5,8-9,11-12H2,1-2H3,(H,21,25)/t15-,17-/m0/s1. The first-order valence-corrected chi connectivity index (χ1v) is 9.03. The largest absolute Gasteiger partial charge is 0.341 e. The Balaban J connectivity index is 1.73. The molecule has 0 unspecified atom stereocenters. The van der Waals surface area contributed by atoms with Crippen LogP contribution in [0.5, 0.6) is 0 Å². The number of rotatable bonds is 2. The third-order valence-electron chi connectivity index (χ3n) is 5.10. The maximum absolute atomic E-state index is 14.0. The Morgan fingerprint density at radius 3 is 2.60 bits per heavy atom. The zero-order chi connectivity index (χ0) is 18.0. The number of hydrogen-bond donors (Lipinski definition) is 1. The van der Waals surface area contributed by atoms with Crippen molar-refractivity contribution in [2.45, 2.75) is 51.7 Å².